The maximum absolute atomic E-state index is 4.45. The molecule has 0 atom stereocenters. The first-order valence-electron chi connectivity index (χ1n) is 6.05. The predicted octanol–water partition coefficient (Wildman–Crippen LogP) is 4.00. The third-order valence-corrected chi connectivity index (χ3v) is 2.78. The van der Waals surface area contributed by atoms with Gasteiger partial charge in [-0.2, -0.15) is 0 Å². The maximum atomic E-state index is 4.45. The standard InChI is InChI=1S/C15H20N2/c1-11-7-8-13(17-10-15(2,3)4)12-6-5-9-16-14(11)12/h5-9,17H,10H2,1-4H3. The summed E-state index contributed by atoms with van der Waals surface area (Å²) >= 11 is 0. The van der Waals surface area contributed by atoms with E-state index in [1.807, 2.05) is 12.3 Å². The highest BCUT2D eigenvalue weighted by molar-refractivity contribution is 5.93. The van der Waals surface area contributed by atoms with Crippen LogP contribution in [0.4, 0.5) is 5.69 Å². The quantitative estimate of drug-likeness (QED) is 0.840. The Morgan fingerprint density at radius 1 is 1.18 bits per heavy atom. The number of rotatable bonds is 2. The third-order valence-electron chi connectivity index (χ3n) is 2.78. The molecule has 90 valence electrons. The molecule has 0 saturated heterocycles. The van der Waals surface area contributed by atoms with Gasteiger partial charge in [-0.3, -0.25) is 4.98 Å². The van der Waals surface area contributed by atoms with Crippen LogP contribution in [0.5, 0.6) is 0 Å². The fraction of sp³-hybridized carbons (Fsp3) is 0.400. The van der Waals surface area contributed by atoms with E-state index < -0.39 is 0 Å². The molecule has 2 rings (SSSR count). The fourth-order valence-electron chi connectivity index (χ4n) is 1.83. The summed E-state index contributed by atoms with van der Waals surface area (Å²) in [5, 5.41) is 4.72. The summed E-state index contributed by atoms with van der Waals surface area (Å²) < 4.78 is 0. The number of aromatic nitrogens is 1. The van der Waals surface area contributed by atoms with E-state index in [9.17, 15) is 0 Å². The zero-order valence-electron chi connectivity index (χ0n) is 11.0. The Balaban J connectivity index is 2.38. The topological polar surface area (TPSA) is 24.9 Å². The molecule has 0 radical (unpaired) electrons. The Bertz CT molecular complexity index is 524. The minimum atomic E-state index is 0.277. The van der Waals surface area contributed by atoms with Gasteiger partial charge in [-0.15, -0.1) is 0 Å². The van der Waals surface area contributed by atoms with Gasteiger partial charge in [-0.05, 0) is 36.1 Å². The van der Waals surface area contributed by atoms with E-state index in [4.69, 9.17) is 0 Å². The highest BCUT2D eigenvalue weighted by Gasteiger charge is 2.11. The summed E-state index contributed by atoms with van der Waals surface area (Å²) in [6.07, 6.45) is 1.85. The molecule has 1 N–H and O–H groups in total. The van der Waals surface area contributed by atoms with Crippen LogP contribution in [-0.2, 0) is 0 Å². The van der Waals surface area contributed by atoms with Crippen LogP contribution < -0.4 is 5.32 Å². The lowest BCUT2D eigenvalue weighted by Gasteiger charge is -2.20. The van der Waals surface area contributed by atoms with Gasteiger partial charge < -0.3 is 5.32 Å². The molecule has 0 saturated carbocycles. The summed E-state index contributed by atoms with van der Waals surface area (Å²) in [5.41, 5.74) is 3.77. The number of anilines is 1. The molecule has 17 heavy (non-hydrogen) atoms. The Labute approximate surface area is 103 Å². The lowest BCUT2D eigenvalue weighted by molar-refractivity contribution is 0.443. The number of pyridine rings is 1. The molecular weight excluding hydrogens is 208 g/mol. The summed E-state index contributed by atoms with van der Waals surface area (Å²) in [7, 11) is 0. The van der Waals surface area contributed by atoms with E-state index in [0.29, 0.717) is 0 Å². The zero-order valence-corrected chi connectivity index (χ0v) is 11.0. The number of aryl methyl sites for hydroxylation is 1. The van der Waals surface area contributed by atoms with Crippen molar-refractivity contribution >= 4 is 16.6 Å². The Kier molecular flexibility index (Phi) is 3.05. The van der Waals surface area contributed by atoms with Crippen molar-refractivity contribution in [2.24, 2.45) is 5.41 Å². The lowest BCUT2D eigenvalue weighted by Crippen LogP contribution is -2.19. The van der Waals surface area contributed by atoms with Crippen molar-refractivity contribution in [3.63, 3.8) is 0 Å². The Morgan fingerprint density at radius 2 is 1.94 bits per heavy atom. The van der Waals surface area contributed by atoms with Crippen molar-refractivity contribution in [2.75, 3.05) is 11.9 Å². The van der Waals surface area contributed by atoms with Crippen LogP contribution in [-0.4, -0.2) is 11.5 Å². The van der Waals surface area contributed by atoms with Gasteiger partial charge in [0.25, 0.3) is 0 Å². The Morgan fingerprint density at radius 3 is 2.65 bits per heavy atom. The van der Waals surface area contributed by atoms with Crippen molar-refractivity contribution in [1.82, 2.24) is 4.98 Å². The second-order valence-corrected chi connectivity index (χ2v) is 5.74. The van der Waals surface area contributed by atoms with Gasteiger partial charge in [-0.1, -0.05) is 26.8 Å². The molecular formula is C15H20N2. The van der Waals surface area contributed by atoms with Crippen LogP contribution in [0, 0.1) is 12.3 Å². The van der Waals surface area contributed by atoms with Crippen molar-refractivity contribution < 1.29 is 0 Å². The first-order chi connectivity index (χ1) is 7.97. The predicted molar refractivity (Wildman–Crippen MR) is 74.4 cm³/mol. The maximum Gasteiger partial charge on any atom is 0.0751 e. The normalized spacial score (nSPS) is 11.8. The van der Waals surface area contributed by atoms with E-state index in [2.05, 4.69) is 56.2 Å². The van der Waals surface area contributed by atoms with E-state index >= 15 is 0 Å². The summed E-state index contributed by atoms with van der Waals surface area (Å²) in [6.45, 7) is 9.75. The minimum absolute atomic E-state index is 0.277. The lowest BCUT2D eigenvalue weighted by atomic mass is 9.96. The van der Waals surface area contributed by atoms with Gasteiger partial charge in [-0.25, -0.2) is 0 Å². The number of nitrogens with one attached hydrogen (secondary N) is 1. The van der Waals surface area contributed by atoms with Gasteiger partial charge in [0.15, 0.2) is 0 Å². The van der Waals surface area contributed by atoms with Crippen LogP contribution >= 0.6 is 0 Å². The molecule has 2 nitrogen and oxygen atoms in total. The molecule has 0 spiro atoms. The smallest absolute Gasteiger partial charge is 0.0751 e. The number of hydrogen-bond acceptors (Lipinski definition) is 2. The number of fused-ring (bicyclic) bond motifs is 1. The molecule has 0 amide bonds. The third kappa shape index (κ3) is 2.76. The summed E-state index contributed by atoms with van der Waals surface area (Å²) in [4.78, 5) is 4.45. The molecule has 1 heterocycles. The van der Waals surface area contributed by atoms with E-state index in [-0.39, 0.29) is 5.41 Å². The molecule has 0 bridgehead atoms. The highest BCUT2D eigenvalue weighted by atomic mass is 14.9. The van der Waals surface area contributed by atoms with Crippen molar-refractivity contribution in [2.45, 2.75) is 27.7 Å². The first-order valence-corrected chi connectivity index (χ1v) is 6.05. The molecule has 1 aromatic heterocycles. The average molecular weight is 228 g/mol. The second-order valence-electron chi connectivity index (χ2n) is 5.74. The van der Waals surface area contributed by atoms with Crippen molar-refractivity contribution in [3.05, 3.63) is 36.0 Å². The molecule has 2 aromatic rings. The molecule has 2 heteroatoms. The number of benzene rings is 1. The summed E-state index contributed by atoms with van der Waals surface area (Å²) in [5.74, 6) is 0. The van der Waals surface area contributed by atoms with E-state index in [1.54, 1.807) is 0 Å². The van der Waals surface area contributed by atoms with Gasteiger partial charge >= 0.3 is 0 Å². The number of nitrogens with zero attached hydrogens (tertiary/aromatic N) is 1. The second kappa shape index (κ2) is 4.36. The summed E-state index contributed by atoms with van der Waals surface area (Å²) in [6, 6.07) is 8.38. The van der Waals surface area contributed by atoms with E-state index in [1.165, 1.54) is 16.6 Å². The van der Waals surface area contributed by atoms with Gasteiger partial charge in [0.1, 0.15) is 0 Å². The first kappa shape index (κ1) is 11.9. The molecule has 0 aliphatic carbocycles. The van der Waals surface area contributed by atoms with Crippen LogP contribution in [0.3, 0.4) is 0 Å². The molecule has 0 aliphatic heterocycles. The van der Waals surface area contributed by atoms with Crippen molar-refractivity contribution in [1.29, 1.82) is 0 Å². The van der Waals surface area contributed by atoms with Gasteiger partial charge in [0.05, 0.1) is 5.52 Å². The average Bonchev–Trinajstić information content (AvgIpc) is 2.27. The molecule has 0 fully saturated rings. The molecule has 0 aliphatic rings. The Hall–Kier alpha value is -1.57. The monoisotopic (exact) mass is 228 g/mol. The van der Waals surface area contributed by atoms with E-state index in [0.717, 1.165) is 12.1 Å². The highest BCUT2D eigenvalue weighted by Crippen LogP contribution is 2.25. The van der Waals surface area contributed by atoms with Crippen LogP contribution in [0.1, 0.15) is 26.3 Å². The largest absolute Gasteiger partial charge is 0.384 e. The minimum Gasteiger partial charge on any atom is -0.384 e. The molecule has 0 unspecified atom stereocenters. The van der Waals surface area contributed by atoms with Gasteiger partial charge in [0, 0.05) is 23.8 Å². The zero-order chi connectivity index (χ0) is 12.5. The SMILES string of the molecule is Cc1ccc(NCC(C)(C)C)c2cccnc12. The number of hydrogen-bond donors (Lipinski definition) is 1. The van der Waals surface area contributed by atoms with Gasteiger partial charge in [0.2, 0.25) is 0 Å². The molecule has 1 aromatic carbocycles. The van der Waals surface area contributed by atoms with Crippen molar-refractivity contribution in [3.8, 4) is 0 Å². The fourth-order valence-corrected chi connectivity index (χ4v) is 1.83. The van der Waals surface area contributed by atoms with Crippen LogP contribution in [0.25, 0.3) is 10.9 Å². The van der Waals surface area contributed by atoms with Crippen LogP contribution in [0.2, 0.25) is 0 Å². The van der Waals surface area contributed by atoms with Crippen LogP contribution in [0.15, 0.2) is 30.5 Å².